The number of benzene rings is 1. The minimum absolute atomic E-state index is 0.210. The molecule has 0 radical (unpaired) electrons. The molecule has 0 N–H and O–H groups in total. The van der Waals surface area contributed by atoms with Crippen molar-refractivity contribution < 1.29 is 18.0 Å². The zero-order valence-electron chi connectivity index (χ0n) is 16.8. The van der Waals surface area contributed by atoms with Crippen LogP contribution in [0.5, 0.6) is 0 Å². The molecule has 0 saturated heterocycles. The Morgan fingerprint density at radius 1 is 0.724 bits per heavy atom. The summed E-state index contributed by atoms with van der Waals surface area (Å²) < 4.78 is 27.5. The van der Waals surface area contributed by atoms with Crippen LogP contribution in [0.2, 0.25) is 4.75 Å². The van der Waals surface area contributed by atoms with Gasteiger partial charge < -0.3 is 0 Å². The van der Waals surface area contributed by atoms with Crippen molar-refractivity contribution in [1.29, 1.82) is 0 Å². The van der Waals surface area contributed by atoms with Crippen molar-refractivity contribution in [1.82, 2.24) is 0 Å². The van der Waals surface area contributed by atoms with E-state index in [0.717, 1.165) is 13.8 Å². The van der Waals surface area contributed by atoms with Crippen LogP contribution in [0.4, 0.5) is 0 Å². The molecule has 0 bridgehead atoms. The Bertz CT molecular complexity index is 873. The van der Waals surface area contributed by atoms with Gasteiger partial charge in [-0.05, 0) is 0 Å². The standard InChI is InChI=1S/C24H26GeO4/c1-19(2)21(18-26-17-20-9-4-3-5-10-20)25(22-11-6-14-27-22,23-12-7-15-28-23)24-13-8-16-29-24/h3-16,19,21H,17-18H2,1-2H3. The van der Waals surface area contributed by atoms with Gasteiger partial charge in [0.1, 0.15) is 0 Å². The maximum absolute atomic E-state index is 6.27. The first-order chi connectivity index (χ1) is 14.2. The summed E-state index contributed by atoms with van der Waals surface area (Å²) in [4.78, 5) is 0. The fourth-order valence-electron chi connectivity index (χ4n) is 4.12. The molecule has 0 aliphatic rings. The van der Waals surface area contributed by atoms with Crippen LogP contribution in [0.15, 0.2) is 98.8 Å². The monoisotopic (exact) mass is 452 g/mol. The molecule has 0 amide bonds. The predicted octanol–water partition coefficient (Wildman–Crippen LogP) is 4.18. The fraction of sp³-hybridized carbons (Fsp3) is 0.250. The van der Waals surface area contributed by atoms with Crippen LogP contribution < -0.4 is 13.8 Å². The van der Waals surface area contributed by atoms with Gasteiger partial charge in [0, 0.05) is 0 Å². The summed E-state index contributed by atoms with van der Waals surface area (Å²) in [5.74, 6) is 0.353. The van der Waals surface area contributed by atoms with E-state index in [1.807, 2.05) is 36.4 Å². The number of rotatable bonds is 9. The summed E-state index contributed by atoms with van der Waals surface area (Å²) in [5.41, 5.74) is 1.17. The van der Waals surface area contributed by atoms with Crippen LogP contribution in [0.3, 0.4) is 0 Å². The molecular weight excluding hydrogens is 425 g/mol. The molecule has 4 aromatic rings. The Labute approximate surface area is 173 Å². The van der Waals surface area contributed by atoms with Gasteiger partial charge in [0.2, 0.25) is 0 Å². The van der Waals surface area contributed by atoms with E-state index in [-0.39, 0.29) is 4.75 Å². The first-order valence-electron chi connectivity index (χ1n) is 9.96. The zero-order chi connectivity index (χ0) is 20.1. The van der Waals surface area contributed by atoms with Gasteiger partial charge in [-0.3, -0.25) is 0 Å². The maximum atomic E-state index is 6.27. The van der Waals surface area contributed by atoms with Gasteiger partial charge in [-0.25, -0.2) is 0 Å². The molecule has 0 fully saturated rings. The van der Waals surface area contributed by atoms with Crippen molar-refractivity contribution in [3.05, 3.63) is 91.1 Å². The van der Waals surface area contributed by atoms with Crippen molar-refractivity contribution in [3.63, 3.8) is 0 Å². The molecule has 0 spiro atoms. The average molecular weight is 451 g/mol. The van der Waals surface area contributed by atoms with E-state index in [2.05, 4.69) is 44.2 Å². The number of hydrogen-bond acceptors (Lipinski definition) is 4. The van der Waals surface area contributed by atoms with Gasteiger partial charge in [-0.2, -0.15) is 0 Å². The number of furan rings is 3. The predicted molar refractivity (Wildman–Crippen MR) is 115 cm³/mol. The quantitative estimate of drug-likeness (QED) is 0.359. The molecule has 1 unspecified atom stereocenters. The van der Waals surface area contributed by atoms with E-state index in [4.69, 9.17) is 18.0 Å². The summed E-state index contributed by atoms with van der Waals surface area (Å²) in [7, 11) is 0. The molecule has 4 nitrogen and oxygen atoms in total. The van der Waals surface area contributed by atoms with Crippen molar-refractivity contribution in [3.8, 4) is 0 Å². The third kappa shape index (κ3) is 3.87. The summed E-state index contributed by atoms with van der Waals surface area (Å²) in [5, 5.41) is 0. The van der Waals surface area contributed by atoms with Crippen LogP contribution >= 0.6 is 0 Å². The molecule has 1 atom stereocenters. The average Bonchev–Trinajstić information content (AvgIpc) is 3.52. The van der Waals surface area contributed by atoms with E-state index in [9.17, 15) is 0 Å². The zero-order valence-corrected chi connectivity index (χ0v) is 18.9. The molecular formula is C24H26GeO4. The molecule has 5 heteroatoms. The summed E-state index contributed by atoms with van der Waals surface area (Å²) in [6, 6.07) is 22.3. The van der Waals surface area contributed by atoms with Crippen LogP contribution in [0.1, 0.15) is 19.4 Å². The molecule has 1 aromatic carbocycles. The van der Waals surface area contributed by atoms with Crippen molar-refractivity contribution in [2.75, 3.05) is 6.61 Å². The summed E-state index contributed by atoms with van der Waals surface area (Å²) in [6.45, 7) is 5.67. The van der Waals surface area contributed by atoms with Crippen LogP contribution in [-0.2, 0) is 11.3 Å². The van der Waals surface area contributed by atoms with Crippen molar-refractivity contribution in [2.24, 2.45) is 5.92 Å². The summed E-state index contributed by atoms with van der Waals surface area (Å²) in [6.07, 6.45) is 5.22. The van der Waals surface area contributed by atoms with E-state index < -0.39 is 13.3 Å². The van der Waals surface area contributed by atoms with Crippen molar-refractivity contribution in [2.45, 2.75) is 25.2 Å². The van der Waals surface area contributed by atoms with Gasteiger partial charge in [-0.15, -0.1) is 0 Å². The fourth-order valence-corrected chi connectivity index (χ4v) is 14.7. The Balaban J connectivity index is 1.75. The van der Waals surface area contributed by atoms with Gasteiger partial charge in [0.25, 0.3) is 0 Å². The van der Waals surface area contributed by atoms with E-state index in [1.54, 1.807) is 18.8 Å². The first kappa shape index (κ1) is 19.9. The van der Waals surface area contributed by atoms with Crippen molar-refractivity contribution >= 4 is 27.0 Å². The second kappa shape index (κ2) is 8.93. The molecule has 0 aliphatic heterocycles. The van der Waals surface area contributed by atoms with E-state index in [0.29, 0.717) is 19.1 Å². The van der Waals surface area contributed by atoms with Gasteiger partial charge in [0.05, 0.1) is 0 Å². The molecule has 150 valence electrons. The van der Waals surface area contributed by atoms with Crippen LogP contribution in [-0.4, -0.2) is 19.9 Å². The molecule has 4 rings (SSSR count). The third-order valence-electron chi connectivity index (χ3n) is 5.50. The normalized spacial score (nSPS) is 13.1. The number of hydrogen-bond donors (Lipinski definition) is 0. The molecule has 0 saturated carbocycles. The SMILES string of the molecule is CC(C)[CH](COCc1ccccc1)[Ge]([c]1ccco1)([c]1ccco1)[c]1ccco1. The topological polar surface area (TPSA) is 48.7 Å². The third-order valence-corrected chi connectivity index (χ3v) is 16.3. The van der Waals surface area contributed by atoms with Crippen LogP contribution in [0.25, 0.3) is 0 Å². The Morgan fingerprint density at radius 2 is 1.24 bits per heavy atom. The number of ether oxygens (including phenoxy) is 1. The van der Waals surface area contributed by atoms with E-state index in [1.165, 1.54) is 5.56 Å². The molecule has 3 heterocycles. The second-order valence-corrected chi connectivity index (χ2v) is 15.6. The second-order valence-electron chi connectivity index (χ2n) is 7.59. The Hall–Kier alpha value is -2.44. The van der Waals surface area contributed by atoms with E-state index >= 15 is 0 Å². The minimum atomic E-state index is -3.42. The Kier molecular flexibility index (Phi) is 6.11. The van der Waals surface area contributed by atoms with Gasteiger partial charge in [0.15, 0.2) is 0 Å². The first-order valence-corrected chi connectivity index (χ1v) is 14.3. The molecule has 0 aliphatic carbocycles. The van der Waals surface area contributed by atoms with Gasteiger partial charge in [-0.1, -0.05) is 0 Å². The molecule has 3 aromatic heterocycles. The van der Waals surface area contributed by atoms with Gasteiger partial charge >= 0.3 is 174 Å². The molecule has 29 heavy (non-hydrogen) atoms. The summed E-state index contributed by atoms with van der Waals surface area (Å²) >= 11 is -3.42. The van der Waals surface area contributed by atoms with Crippen LogP contribution in [0, 0.1) is 5.92 Å². The Morgan fingerprint density at radius 3 is 1.66 bits per heavy atom.